The summed E-state index contributed by atoms with van der Waals surface area (Å²) in [5, 5.41) is 5.70. The Labute approximate surface area is 102 Å². The summed E-state index contributed by atoms with van der Waals surface area (Å²) in [6.45, 7) is 0.514. The van der Waals surface area contributed by atoms with E-state index in [0.29, 0.717) is 13.1 Å². The molecule has 0 aliphatic rings. The number of aromatic nitrogens is 1. The minimum atomic E-state index is -0.380. The van der Waals surface area contributed by atoms with Crippen molar-refractivity contribution in [3.63, 3.8) is 0 Å². The van der Waals surface area contributed by atoms with Crippen LogP contribution in [0.1, 0.15) is 5.69 Å². The second-order valence-corrected chi connectivity index (χ2v) is 4.37. The first-order chi connectivity index (χ1) is 8.29. The van der Waals surface area contributed by atoms with Gasteiger partial charge in [0.2, 0.25) is 0 Å². The van der Waals surface area contributed by atoms with E-state index in [4.69, 9.17) is 0 Å². The van der Waals surface area contributed by atoms with Crippen molar-refractivity contribution < 1.29 is 8.78 Å². The van der Waals surface area contributed by atoms with Crippen LogP contribution in [0.5, 0.6) is 0 Å². The maximum absolute atomic E-state index is 12.8. The zero-order valence-electron chi connectivity index (χ0n) is 9.12. The minimum absolute atomic E-state index is 0.254. The summed E-state index contributed by atoms with van der Waals surface area (Å²) in [4.78, 5) is 4.39. The Morgan fingerprint density at radius 1 is 1.24 bits per heavy atom. The van der Waals surface area contributed by atoms with E-state index >= 15 is 0 Å². The molecule has 1 aromatic carbocycles. The molecule has 0 bridgehead atoms. The summed E-state index contributed by atoms with van der Waals surface area (Å²) in [5.41, 5.74) is 1.77. The Balaban J connectivity index is 2.04. The van der Waals surface area contributed by atoms with E-state index in [9.17, 15) is 8.78 Å². The average Bonchev–Trinajstić information content (AvgIpc) is 2.79. The number of rotatable bonds is 5. The number of halogens is 2. The summed E-state index contributed by atoms with van der Waals surface area (Å²) in [7, 11) is 0. The number of hydrogen-bond donors (Lipinski definition) is 1. The lowest BCUT2D eigenvalue weighted by Gasteiger charge is -1.98. The van der Waals surface area contributed by atoms with Crippen LogP contribution in [0.2, 0.25) is 0 Å². The predicted molar refractivity (Wildman–Crippen MR) is 65.2 cm³/mol. The van der Waals surface area contributed by atoms with Crippen LogP contribution in [0.4, 0.5) is 8.78 Å². The van der Waals surface area contributed by atoms with Gasteiger partial charge in [-0.05, 0) is 24.3 Å². The molecule has 90 valence electrons. The Bertz CT molecular complexity index is 468. The first-order valence-corrected chi connectivity index (χ1v) is 6.14. The van der Waals surface area contributed by atoms with Crippen molar-refractivity contribution in [2.45, 2.75) is 6.54 Å². The average molecular weight is 254 g/mol. The number of hydrogen-bond acceptors (Lipinski definition) is 3. The summed E-state index contributed by atoms with van der Waals surface area (Å²) < 4.78 is 24.6. The van der Waals surface area contributed by atoms with Crippen molar-refractivity contribution in [1.29, 1.82) is 0 Å². The predicted octanol–water partition coefficient (Wildman–Crippen LogP) is 3.01. The number of thiazole rings is 1. The van der Waals surface area contributed by atoms with Gasteiger partial charge in [-0.2, -0.15) is 0 Å². The van der Waals surface area contributed by atoms with Crippen LogP contribution in [0, 0.1) is 5.82 Å². The van der Waals surface area contributed by atoms with Crippen LogP contribution in [0.25, 0.3) is 10.6 Å². The fourth-order valence-electron chi connectivity index (χ4n) is 1.40. The smallest absolute Gasteiger partial charge is 0.123 e. The van der Waals surface area contributed by atoms with E-state index < -0.39 is 0 Å². The van der Waals surface area contributed by atoms with E-state index in [1.165, 1.54) is 23.5 Å². The fourth-order valence-corrected chi connectivity index (χ4v) is 2.22. The Morgan fingerprint density at radius 3 is 2.71 bits per heavy atom. The van der Waals surface area contributed by atoms with E-state index in [1.54, 1.807) is 12.1 Å². The van der Waals surface area contributed by atoms with E-state index in [2.05, 4.69) is 10.3 Å². The number of benzene rings is 1. The topological polar surface area (TPSA) is 24.9 Å². The highest BCUT2D eigenvalue weighted by molar-refractivity contribution is 7.13. The monoisotopic (exact) mass is 254 g/mol. The van der Waals surface area contributed by atoms with Crippen LogP contribution in [-0.2, 0) is 6.54 Å². The molecule has 0 radical (unpaired) electrons. The van der Waals surface area contributed by atoms with Crippen molar-refractivity contribution in [3.05, 3.63) is 41.2 Å². The van der Waals surface area contributed by atoms with Crippen LogP contribution in [0.15, 0.2) is 29.6 Å². The van der Waals surface area contributed by atoms with Gasteiger partial charge in [0.15, 0.2) is 0 Å². The number of alkyl halides is 1. The third-order valence-corrected chi connectivity index (χ3v) is 3.16. The Kier molecular flexibility index (Phi) is 4.17. The Hall–Kier alpha value is -1.33. The molecule has 0 fully saturated rings. The van der Waals surface area contributed by atoms with Crippen LogP contribution in [0.3, 0.4) is 0 Å². The third-order valence-electron chi connectivity index (χ3n) is 2.22. The molecule has 0 saturated carbocycles. The van der Waals surface area contributed by atoms with Crippen molar-refractivity contribution in [2.24, 2.45) is 0 Å². The first-order valence-electron chi connectivity index (χ1n) is 5.26. The normalized spacial score (nSPS) is 10.7. The molecule has 1 aromatic heterocycles. The second kappa shape index (κ2) is 5.84. The van der Waals surface area contributed by atoms with Gasteiger partial charge in [0.25, 0.3) is 0 Å². The molecule has 0 saturated heterocycles. The van der Waals surface area contributed by atoms with Crippen LogP contribution in [-0.4, -0.2) is 18.2 Å². The molecule has 0 aliphatic carbocycles. The minimum Gasteiger partial charge on any atom is -0.309 e. The van der Waals surface area contributed by atoms with Crippen molar-refractivity contribution in [1.82, 2.24) is 10.3 Å². The van der Waals surface area contributed by atoms with Gasteiger partial charge in [-0.3, -0.25) is 0 Å². The lowest BCUT2D eigenvalue weighted by atomic mass is 10.2. The zero-order chi connectivity index (χ0) is 12.1. The molecular formula is C12H12F2N2S. The third kappa shape index (κ3) is 3.31. The van der Waals surface area contributed by atoms with Crippen molar-refractivity contribution >= 4 is 11.3 Å². The molecule has 2 rings (SSSR count). The van der Waals surface area contributed by atoms with E-state index in [1.807, 2.05) is 5.38 Å². The summed E-state index contributed by atoms with van der Waals surface area (Å²) >= 11 is 1.50. The van der Waals surface area contributed by atoms with Gasteiger partial charge >= 0.3 is 0 Å². The van der Waals surface area contributed by atoms with E-state index in [-0.39, 0.29) is 12.5 Å². The largest absolute Gasteiger partial charge is 0.309 e. The molecule has 0 unspecified atom stereocenters. The summed E-state index contributed by atoms with van der Waals surface area (Å²) in [5.74, 6) is -0.254. The van der Waals surface area contributed by atoms with Gasteiger partial charge in [0, 0.05) is 24.0 Å². The maximum atomic E-state index is 12.8. The summed E-state index contributed by atoms with van der Waals surface area (Å²) in [6, 6.07) is 6.23. The molecular weight excluding hydrogens is 242 g/mol. The highest BCUT2D eigenvalue weighted by Gasteiger charge is 2.04. The molecule has 2 nitrogen and oxygen atoms in total. The lowest BCUT2D eigenvalue weighted by Crippen LogP contribution is -2.16. The van der Waals surface area contributed by atoms with Gasteiger partial charge < -0.3 is 5.32 Å². The molecule has 1 heterocycles. The van der Waals surface area contributed by atoms with Crippen molar-refractivity contribution in [3.8, 4) is 10.6 Å². The highest BCUT2D eigenvalue weighted by Crippen LogP contribution is 2.23. The quantitative estimate of drug-likeness (QED) is 0.830. The zero-order valence-corrected chi connectivity index (χ0v) is 9.94. The summed E-state index contributed by atoms with van der Waals surface area (Å²) in [6.07, 6.45) is 0. The van der Waals surface area contributed by atoms with Gasteiger partial charge in [-0.1, -0.05) is 0 Å². The van der Waals surface area contributed by atoms with Gasteiger partial charge in [0.1, 0.15) is 17.5 Å². The van der Waals surface area contributed by atoms with Crippen LogP contribution >= 0.6 is 11.3 Å². The molecule has 2 aromatic rings. The van der Waals surface area contributed by atoms with Gasteiger partial charge in [-0.15, -0.1) is 11.3 Å². The standard InChI is InChI=1S/C12H12F2N2S/c13-5-6-15-7-11-8-17-12(16-11)9-1-3-10(14)4-2-9/h1-4,8,15H,5-7H2. The number of nitrogens with one attached hydrogen (secondary N) is 1. The molecule has 1 N–H and O–H groups in total. The van der Waals surface area contributed by atoms with Crippen molar-refractivity contribution in [2.75, 3.05) is 13.2 Å². The van der Waals surface area contributed by atoms with Gasteiger partial charge in [-0.25, -0.2) is 13.8 Å². The first kappa shape index (κ1) is 12.1. The van der Waals surface area contributed by atoms with Crippen LogP contribution < -0.4 is 5.32 Å². The molecule has 0 aliphatic heterocycles. The lowest BCUT2D eigenvalue weighted by molar-refractivity contribution is 0.466. The fraction of sp³-hybridized carbons (Fsp3) is 0.250. The van der Waals surface area contributed by atoms with Gasteiger partial charge in [0.05, 0.1) is 5.69 Å². The second-order valence-electron chi connectivity index (χ2n) is 3.52. The molecule has 17 heavy (non-hydrogen) atoms. The Morgan fingerprint density at radius 2 is 2.00 bits per heavy atom. The van der Waals surface area contributed by atoms with E-state index in [0.717, 1.165) is 16.3 Å². The molecule has 0 atom stereocenters. The highest BCUT2D eigenvalue weighted by atomic mass is 32.1. The molecule has 0 spiro atoms. The molecule has 5 heteroatoms. The molecule has 0 amide bonds. The maximum Gasteiger partial charge on any atom is 0.123 e. The number of nitrogens with zero attached hydrogens (tertiary/aromatic N) is 1. The SMILES string of the molecule is FCCNCc1csc(-c2ccc(F)cc2)n1.